The van der Waals surface area contributed by atoms with Crippen LogP contribution in [0.4, 0.5) is 5.69 Å². The number of rotatable bonds is 7. The number of carbonyl (C=O) groups is 1. The molecule has 190 valence electrons. The van der Waals surface area contributed by atoms with Gasteiger partial charge in [-0.1, -0.05) is 49.1 Å². The number of nitrogens with zero attached hydrogens (tertiary/aromatic N) is 3. The maximum Gasteiger partial charge on any atom is 0.274 e. The highest BCUT2D eigenvalue weighted by atomic mass is 35.5. The number of sulfonamides is 1. The minimum absolute atomic E-state index is 0.0702. The van der Waals surface area contributed by atoms with E-state index in [9.17, 15) is 13.2 Å². The number of anilines is 1. The average molecular weight is 528 g/mol. The monoisotopic (exact) mass is 527 g/mol. The second kappa shape index (κ2) is 10.2. The van der Waals surface area contributed by atoms with E-state index in [0.717, 1.165) is 17.3 Å². The first-order chi connectivity index (χ1) is 17.4. The van der Waals surface area contributed by atoms with Crippen LogP contribution in [0, 0.1) is 0 Å². The molecular formula is C26H30ClN5O3S. The predicted octanol–water partition coefficient (Wildman–Crippen LogP) is 4.37. The number of hydrogen-bond donors (Lipinski definition) is 2. The summed E-state index contributed by atoms with van der Waals surface area (Å²) in [6, 6.07) is 14.4. The molecule has 10 heteroatoms. The summed E-state index contributed by atoms with van der Waals surface area (Å²) in [6.45, 7) is 1.29. The van der Waals surface area contributed by atoms with E-state index in [2.05, 4.69) is 15.7 Å². The van der Waals surface area contributed by atoms with E-state index >= 15 is 0 Å². The summed E-state index contributed by atoms with van der Waals surface area (Å²) in [4.78, 5) is 13.5. The Morgan fingerprint density at radius 3 is 2.53 bits per heavy atom. The highest BCUT2D eigenvalue weighted by molar-refractivity contribution is 7.93. The van der Waals surface area contributed by atoms with Crippen LogP contribution < -0.4 is 14.9 Å². The molecular weight excluding hydrogens is 498 g/mol. The Hall–Kier alpha value is -2.88. The van der Waals surface area contributed by atoms with Gasteiger partial charge in [-0.05, 0) is 56.1 Å². The van der Waals surface area contributed by atoms with Gasteiger partial charge < -0.3 is 10.6 Å². The van der Waals surface area contributed by atoms with Gasteiger partial charge in [-0.2, -0.15) is 5.10 Å². The predicted molar refractivity (Wildman–Crippen MR) is 141 cm³/mol. The summed E-state index contributed by atoms with van der Waals surface area (Å²) in [5.74, 6) is -0.405. The normalized spacial score (nSPS) is 16.9. The quantitative estimate of drug-likeness (QED) is 0.445. The van der Waals surface area contributed by atoms with E-state index in [-0.39, 0.29) is 16.3 Å². The molecule has 0 bridgehead atoms. The number of hydrogen-bond acceptors (Lipinski definition) is 5. The molecule has 2 N–H and O–H groups in total. The van der Waals surface area contributed by atoms with Crippen LogP contribution in [0.1, 0.15) is 49.0 Å². The molecule has 1 saturated carbocycles. The molecule has 36 heavy (non-hydrogen) atoms. The largest absolute Gasteiger partial charge is 0.351 e. The number of nitrogens with one attached hydrogen (secondary N) is 2. The van der Waals surface area contributed by atoms with Crippen LogP contribution in [0.3, 0.4) is 0 Å². The standard InChI is InChI=1S/C26H30ClN5O3S/c1-31-25-23(26(33)29-17-7-16-28-19-8-3-2-4-9-19)30-32(20-14-12-18(27)13-15-20)24(25)21-10-5-6-11-22(21)36(31,34)35/h5-6,10-15,19,28H,2-4,7-9,16-17H2,1H3,(H,29,33). The van der Waals surface area contributed by atoms with Crippen molar-refractivity contribution in [2.24, 2.45) is 0 Å². The lowest BCUT2D eigenvalue weighted by atomic mass is 9.95. The van der Waals surface area contributed by atoms with Crippen LogP contribution in [0.5, 0.6) is 0 Å². The Labute approximate surface area is 216 Å². The Morgan fingerprint density at radius 1 is 1.06 bits per heavy atom. The van der Waals surface area contributed by atoms with Gasteiger partial charge in [0, 0.05) is 30.2 Å². The zero-order valence-electron chi connectivity index (χ0n) is 20.2. The van der Waals surface area contributed by atoms with Gasteiger partial charge in [0.05, 0.1) is 10.6 Å². The molecule has 2 heterocycles. The molecule has 0 radical (unpaired) electrons. The van der Waals surface area contributed by atoms with E-state index in [1.807, 2.05) is 0 Å². The first-order valence-corrected chi connectivity index (χ1v) is 14.2. The van der Waals surface area contributed by atoms with E-state index < -0.39 is 15.9 Å². The first kappa shape index (κ1) is 24.8. The smallest absolute Gasteiger partial charge is 0.274 e. The molecule has 1 fully saturated rings. The van der Waals surface area contributed by atoms with Crippen LogP contribution in [-0.4, -0.2) is 50.3 Å². The number of amides is 1. The highest BCUT2D eigenvalue weighted by Gasteiger charge is 2.39. The molecule has 2 aromatic carbocycles. The van der Waals surface area contributed by atoms with Gasteiger partial charge in [0.1, 0.15) is 11.4 Å². The maximum atomic E-state index is 13.3. The number of carbonyl (C=O) groups excluding carboxylic acids is 1. The van der Waals surface area contributed by atoms with Crippen LogP contribution >= 0.6 is 11.6 Å². The number of benzene rings is 2. The van der Waals surface area contributed by atoms with Crippen molar-refractivity contribution in [3.05, 3.63) is 59.2 Å². The van der Waals surface area contributed by atoms with Crippen LogP contribution in [0.25, 0.3) is 16.9 Å². The Balaban J connectivity index is 1.44. The van der Waals surface area contributed by atoms with Gasteiger partial charge in [-0.15, -0.1) is 0 Å². The second-order valence-corrected chi connectivity index (χ2v) is 11.7. The Bertz CT molecular complexity index is 1360. The molecule has 0 unspecified atom stereocenters. The number of aromatic nitrogens is 2. The van der Waals surface area contributed by atoms with Gasteiger partial charge >= 0.3 is 0 Å². The van der Waals surface area contributed by atoms with Gasteiger partial charge in [0.2, 0.25) is 0 Å². The third-order valence-electron chi connectivity index (χ3n) is 6.92. The molecule has 0 saturated heterocycles. The van der Waals surface area contributed by atoms with Crippen molar-refractivity contribution >= 4 is 33.2 Å². The van der Waals surface area contributed by atoms with Gasteiger partial charge in [-0.25, -0.2) is 13.1 Å². The van der Waals surface area contributed by atoms with E-state index in [0.29, 0.717) is 34.6 Å². The van der Waals surface area contributed by atoms with Crippen LogP contribution in [0.2, 0.25) is 5.02 Å². The molecule has 1 aliphatic heterocycles. The zero-order chi connectivity index (χ0) is 25.3. The Morgan fingerprint density at radius 2 is 1.78 bits per heavy atom. The maximum absolute atomic E-state index is 13.3. The summed E-state index contributed by atoms with van der Waals surface area (Å²) >= 11 is 6.09. The van der Waals surface area contributed by atoms with Crippen molar-refractivity contribution in [1.82, 2.24) is 20.4 Å². The zero-order valence-corrected chi connectivity index (χ0v) is 21.8. The van der Waals surface area contributed by atoms with E-state index in [4.69, 9.17) is 11.6 Å². The number of halogens is 1. The molecule has 8 nitrogen and oxygen atoms in total. The third kappa shape index (κ3) is 4.63. The van der Waals surface area contributed by atoms with Crippen molar-refractivity contribution in [3.8, 4) is 16.9 Å². The summed E-state index contributed by atoms with van der Waals surface area (Å²) in [6.07, 6.45) is 7.06. The van der Waals surface area contributed by atoms with Crippen LogP contribution in [-0.2, 0) is 10.0 Å². The minimum atomic E-state index is -3.84. The molecule has 0 atom stereocenters. The average Bonchev–Trinajstić information content (AvgIpc) is 3.29. The second-order valence-electron chi connectivity index (χ2n) is 9.30. The molecule has 1 aromatic heterocycles. The lowest BCUT2D eigenvalue weighted by Gasteiger charge is -2.27. The highest BCUT2D eigenvalue weighted by Crippen LogP contribution is 2.45. The summed E-state index contributed by atoms with van der Waals surface area (Å²) < 4.78 is 29.4. The van der Waals surface area contributed by atoms with Crippen molar-refractivity contribution in [3.63, 3.8) is 0 Å². The van der Waals surface area contributed by atoms with Gasteiger partial charge in [0.25, 0.3) is 15.9 Å². The minimum Gasteiger partial charge on any atom is -0.351 e. The first-order valence-electron chi connectivity index (χ1n) is 12.4. The third-order valence-corrected chi connectivity index (χ3v) is 8.99. The van der Waals surface area contributed by atoms with Gasteiger partial charge in [-0.3, -0.25) is 9.10 Å². The number of fused-ring (bicyclic) bond motifs is 3. The molecule has 0 spiro atoms. The van der Waals surface area contributed by atoms with Crippen molar-refractivity contribution in [1.29, 1.82) is 0 Å². The summed E-state index contributed by atoms with van der Waals surface area (Å²) in [7, 11) is -2.38. The van der Waals surface area contributed by atoms with Gasteiger partial charge in [0.15, 0.2) is 5.69 Å². The lowest BCUT2D eigenvalue weighted by Crippen LogP contribution is -2.35. The van der Waals surface area contributed by atoms with Crippen molar-refractivity contribution < 1.29 is 13.2 Å². The molecule has 5 rings (SSSR count). The van der Waals surface area contributed by atoms with Crippen molar-refractivity contribution in [2.75, 3.05) is 24.4 Å². The summed E-state index contributed by atoms with van der Waals surface area (Å²) in [5, 5.41) is 11.7. The fraction of sp³-hybridized carbons (Fsp3) is 0.385. The molecule has 1 amide bonds. The Kier molecular flexibility index (Phi) is 7.05. The van der Waals surface area contributed by atoms with Crippen molar-refractivity contribution in [2.45, 2.75) is 49.5 Å². The topological polar surface area (TPSA) is 96.3 Å². The fourth-order valence-corrected chi connectivity index (χ4v) is 6.54. The van der Waals surface area contributed by atoms with Crippen LogP contribution in [0.15, 0.2) is 53.4 Å². The molecule has 1 aliphatic carbocycles. The van der Waals surface area contributed by atoms with E-state index in [1.54, 1.807) is 53.2 Å². The fourth-order valence-electron chi connectivity index (χ4n) is 5.01. The van der Waals surface area contributed by atoms with E-state index in [1.165, 1.54) is 39.2 Å². The SMILES string of the molecule is CN1c2c(C(=O)NCCCNC3CCCCC3)nn(-c3ccc(Cl)cc3)c2-c2ccccc2S1(=O)=O. The molecule has 2 aliphatic rings. The molecule has 3 aromatic rings. The summed E-state index contributed by atoms with van der Waals surface area (Å²) in [5.41, 5.74) is 2.06. The lowest BCUT2D eigenvalue weighted by molar-refractivity contribution is 0.0948.